The van der Waals surface area contributed by atoms with Crippen molar-refractivity contribution in [2.24, 2.45) is 0 Å². The van der Waals surface area contributed by atoms with Crippen LogP contribution in [0.25, 0.3) is 0 Å². The Bertz CT molecular complexity index is 847. The molecule has 2 aromatic heterocycles. The minimum atomic E-state index is -0.0399. The molecule has 3 aromatic rings. The lowest BCUT2D eigenvalue weighted by Crippen LogP contribution is -2.28. The fourth-order valence-electron chi connectivity index (χ4n) is 2.45. The van der Waals surface area contributed by atoms with Gasteiger partial charge in [0.05, 0.1) is 18.2 Å². The lowest BCUT2D eigenvalue weighted by molar-refractivity contribution is -0.121. The third-order valence-corrected chi connectivity index (χ3v) is 4.50. The van der Waals surface area contributed by atoms with Crippen LogP contribution in [0, 0.1) is 6.92 Å². The Morgan fingerprint density at radius 2 is 1.92 bits per heavy atom. The zero-order valence-electron chi connectivity index (χ0n) is 14.2. The van der Waals surface area contributed by atoms with Crippen LogP contribution in [-0.2, 0) is 11.2 Å². The van der Waals surface area contributed by atoms with Crippen molar-refractivity contribution in [3.8, 4) is 0 Å². The van der Waals surface area contributed by atoms with Crippen molar-refractivity contribution in [3.05, 3.63) is 70.9 Å². The summed E-state index contributed by atoms with van der Waals surface area (Å²) in [4.78, 5) is 21.1. The molecule has 3 rings (SSSR count). The molecule has 0 fully saturated rings. The van der Waals surface area contributed by atoms with E-state index in [0.29, 0.717) is 0 Å². The SMILES string of the molecule is Cc1cccc(Nc2nc(CC(=O)NC(C)c3ccccc3)cs2)n1. The first kappa shape index (κ1) is 17.1. The normalized spacial score (nSPS) is 11.8. The van der Waals surface area contributed by atoms with Gasteiger partial charge in [0, 0.05) is 11.1 Å². The molecule has 128 valence electrons. The van der Waals surface area contributed by atoms with E-state index in [1.54, 1.807) is 0 Å². The highest BCUT2D eigenvalue weighted by Gasteiger charge is 2.12. The van der Waals surface area contributed by atoms with Gasteiger partial charge >= 0.3 is 0 Å². The summed E-state index contributed by atoms with van der Waals surface area (Å²) in [6.07, 6.45) is 0.261. The van der Waals surface area contributed by atoms with Crippen LogP contribution in [0.5, 0.6) is 0 Å². The van der Waals surface area contributed by atoms with Crippen molar-refractivity contribution in [1.29, 1.82) is 0 Å². The molecular weight excluding hydrogens is 332 g/mol. The second-order valence-corrected chi connectivity index (χ2v) is 6.67. The second kappa shape index (κ2) is 7.90. The summed E-state index contributed by atoms with van der Waals surface area (Å²) in [5.41, 5.74) is 2.77. The predicted octanol–water partition coefficient (Wildman–Crippen LogP) is 4.01. The van der Waals surface area contributed by atoms with E-state index in [2.05, 4.69) is 20.6 Å². The second-order valence-electron chi connectivity index (χ2n) is 5.81. The highest BCUT2D eigenvalue weighted by molar-refractivity contribution is 7.13. The number of benzene rings is 1. The molecule has 0 aliphatic rings. The van der Waals surface area contributed by atoms with E-state index in [-0.39, 0.29) is 18.4 Å². The molecule has 1 aromatic carbocycles. The number of aryl methyl sites for hydroxylation is 1. The molecule has 0 aliphatic carbocycles. The van der Waals surface area contributed by atoms with E-state index in [1.165, 1.54) is 11.3 Å². The Labute approximate surface area is 151 Å². The van der Waals surface area contributed by atoms with Gasteiger partial charge in [0.15, 0.2) is 5.13 Å². The van der Waals surface area contributed by atoms with Crippen molar-refractivity contribution < 1.29 is 4.79 Å². The molecule has 0 saturated heterocycles. The molecule has 0 aliphatic heterocycles. The number of nitrogens with one attached hydrogen (secondary N) is 2. The number of nitrogens with zero attached hydrogens (tertiary/aromatic N) is 2. The lowest BCUT2D eigenvalue weighted by Gasteiger charge is -2.13. The average molecular weight is 352 g/mol. The minimum Gasteiger partial charge on any atom is -0.349 e. The van der Waals surface area contributed by atoms with Crippen LogP contribution >= 0.6 is 11.3 Å². The summed E-state index contributed by atoms with van der Waals surface area (Å²) >= 11 is 1.47. The van der Waals surface area contributed by atoms with Gasteiger partial charge in [-0.2, -0.15) is 0 Å². The highest BCUT2D eigenvalue weighted by atomic mass is 32.1. The number of aromatic nitrogens is 2. The van der Waals surface area contributed by atoms with E-state index in [1.807, 2.05) is 67.8 Å². The van der Waals surface area contributed by atoms with E-state index < -0.39 is 0 Å². The first-order valence-corrected chi connectivity index (χ1v) is 8.97. The maximum Gasteiger partial charge on any atom is 0.226 e. The van der Waals surface area contributed by atoms with Crippen molar-refractivity contribution >= 4 is 28.2 Å². The number of hydrogen-bond donors (Lipinski definition) is 2. The number of pyridine rings is 1. The van der Waals surface area contributed by atoms with Crippen LogP contribution in [0.2, 0.25) is 0 Å². The van der Waals surface area contributed by atoms with Crippen molar-refractivity contribution in [1.82, 2.24) is 15.3 Å². The molecule has 25 heavy (non-hydrogen) atoms. The van der Waals surface area contributed by atoms with Gasteiger partial charge in [-0.15, -0.1) is 11.3 Å². The zero-order valence-corrected chi connectivity index (χ0v) is 15.0. The molecule has 5 nitrogen and oxygen atoms in total. The monoisotopic (exact) mass is 352 g/mol. The molecule has 2 N–H and O–H groups in total. The quantitative estimate of drug-likeness (QED) is 0.703. The smallest absolute Gasteiger partial charge is 0.226 e. The van der Waals surface area contributed by atoms with Gasteiger partial charge in [0.1, 0.15) is 5.82 Å². The summed E-state index contributed by atoms with van der Waals surface area (Å²) in [7, 11) is 0. The van der Waals surface area contributed by atoms with Crippen molar-refractivity contribution in [2.75, 3.05) is 5.32 Å². The summed E-state index contributed by atoms with van der Waals surface area (Å²) in [6.45, 7) is 3.92. The molecule has 0 spiro atoms. The molecule has 2 heterocycles. The Hall–Kier alpha value is -2.73. The molecule has 1 unspecified atom stereocenters. The maximum absolute atomic E-state index is 12.2. The number of carbonyl (C=O) groups excluding carboxylic acids is 1. The fraction of sp³-hybridized carbons (Fsp3) is 0.211. The van der Waals surface area contributed by atoms with Crippen LogP contribution in [0.15, 0.2) is 53.9 Å². The molecule has 0 bridgehead atoms. The van der Waals surface area contributed by atoms with Crippen molar-refractivity contribution in [2.45, 2.75) is 26.3 Å². The van der Waals surface area contributed by atoms with Crippen LogP contribution in [0.3, 0.4) is 0 Å². The van der Waals surface area contributed by atoms with Gasteiger partial charge in [-0.05, 0) is 31.5 Å². The highest BCUT2D eigenvalue weighted by Crippen LogP contribution is 2.20. The third-order valence-electron chi connectivity index (χ3n) is 3.69. The van der Waals surface area contributed by atoms with E-state index >= 15 is 0 Å². The molecular formula is C19H20N4OS. The number of amides is 1. The van der Waals surface area contributed by atoms with Crippen LogP contribution < -0.4 is 10.6 Å². The Morgan fingerprint density at radius 1 is 1.12 bits per heavy atom. The fourth-order valence-corrected chi connectivity index (χ4v) is 3.17. The Kier molecular flexibility index (Phi) is 5.40. The van der Waals surface area contributed by atoms with Crippen LogP contribution in [0.4, 0.5) is 10.9 Å². The maximum atomic E-state index is 12.2. The van der Waals surface area contributed by atoms with E-state index in [4.69, 9.17) is 0 Å². The largest absolute Gasteiger partial charge is 0.349 e. The van der Waals surface area contributed by atoms with Crippen LogP contribution in [-0.4, -0.2) is 15.9 Å². The molecule has 1 amide bonds. The number of anilines is 2. The topological polar surface area (TPSA) is 66.9 Å². The Morgan fingerprint density at radius 3 is 2.68 bits per heavy atom. The lowest BCUT2D eigenvalue weighted by atomic mass is 10.1. The van der Waals surface area contributed by atoms with Crippen LogP contribution in [0.1, 0.15) is 29.9 Å². The average Bonchev–Trinajstić information content (AvgIpc) is 3.02. The molecule has 6 heteroatoms. The Balaban J connectivity index is 1.56. The standard InChI is InChI=1S/C19H20N4OS/c1-13-7-6-10-17(20-13)23-19-22-16(12-25-19)11-18(24)21-14(2)15-8-4-3-5-9-15/h3-10,12,14H,11H2,1-2H3,(H,21,24)(H,20,22,23). The van der Waals surface area contributed by atoms with E-state index in [9.17, 15) is 4.79 Å². The summed E-state index contributed by atoms with van der Waals surface area (Å²) in [5, 5.41) is 8.80. The zero-order chi connectivity index (χ0) is 17.6. The van der Waals surface area contributed by atoms with Crippen molar-refractivity contribution in [3.63, 3.8) is 0 Å². The first-order chi connectivity index (χ1) is 12.1. The predicted molar refractivity (Wildman–Crippen MR) is 101 cm³/mol. The molecule has 0 saturated carbocycles. The number of rotatable bonds is 6. The number of carbonyl (C=O) groups is 1. The van der Waals surface area contributed by atoms with Gasteiger partial charge in [-0.1, -0.05) is 36.4 Å². The van der Waals surface area contributed by atoms with Gasteiger partial charge < -0.3 is 10.6 Å². The number of thiazole rings is 1. The van der Waals surface area contributed by atoms with Gasteiger partial charge in [-0.25, -0.2) is 9.97 Å². The molecule has 1 atom stereocenters. The summed E-state index contributed by atoms with van der Waals surface area (Å²) in [6, 6.07) is 15.7. The first-order valence-electron chi connectivity index (χ1n) is 8.09. The summed E-state index contributed by atoms with van der Waals surface area (Å²) < 4.78 is 0. The van der Waals surface area contributed by atoms with Gasteiger partial charge in [-0.3, -0.25) is 4.79 Å². The van der Waals surface area contributed by atoms with Gasteiger partial charge in [0.2, 0.25) is 5.91 Å². The van der Waals surface area contributed by atoms with Gasteiger partial charge in [0.25, 0.3) is 0 Å². The summed E-state index contributed by atoms with van der Waals surface area (Å²) in [5.74, 6) is 0.713. The van der Waals surface area contributed by atoms with E-state index in [0.717, 1.165) is 27.9 Å². The minimum absolute atomic E-state index is 0.0265. The number of hydrogen-bond acceptors (Lipinski definition) is 5. The third kappa shape index (κ3) is 4.87. The molecule has 0 radical (unpaired) electrons.